The molecule has 3 aromatic rings. The Labute approximate surface area is 125 Å². The Bertz CT molecular complexity index is 820. The maximum absolute atomic E-state index is 11.2. The minimum atomic E-state index is -0.924. The fourth-order valence-corrected chi connectivity index (χ4v) is 3.00. The predicted molar refractivity (Wildman–Crippen MR) is 82.0 cm³/mol. The highest BCUT2D eigenvalue weighted by atomic mass is 32.1. The molecule has 0 amide bonds. The average Bonchev–Trinajstić information content (AvgIpc) is 3.02. The largest absolute Gasteiger partial charge is 0.478 e. The number of carboxylic acids is 1. The van der Waals surface area contributed by atoms with Crippen molar-refractivity contribution in [2.75, 3.05) is 0 Å². The molecular weight excluding hydrogens is 286 g/mol. The van der Waals surface area contributed by atoms with Gasteiger partial charge >= 0.3 is 5.97 Å². The van der Waals surface area contributed by atoms with Gasteiger partial charge in [0.05, 0.1) is 33.8 Å². The second-order valence-corrected chi connectivity index (χ2v) is 5.90. The van der Waals surface area contributed by atoms with Crippen molar-refractivity contribution < 1.29 is 9.90 Å². The van der Waals surface area contributed by atoms with Gasteiger partial charge in [-0.2, -0.15) is 0 Å². The lowest BCUT2D eigenvalue weighted by Gasteiger charge is -2.06. The second kappa shape index (κ2) is 5.29. The zero-order valence-corrected chi connectivity index (χ0v) is 12.6. The van der Waals surface area contributed by atoms with Crippen LogP contribution in [0.3, 0.4) is 0 Å². The molecule has 3 rings (SSSR count). The summed E-state index contributed by atoms with van der Waals surface area (Å²) in [6.45, 7) is 4.64. The summed E-state index contributed by atoms with van der Waals surface area (Å²) in [6, 6.07) is 5.04. The lowest BCUT2D eigenvalue weighted by molar-refractivity contribution is 0.0697. The molecule has 0 aliphatic carbocycles. The number of thiazole rings is 1. The topological polar surface area (TPSA) is 68.0 Å². The molecule has 0 bridgehead atoms. The number of carboxylic acid groups (broad SMARTS) is 1. The van der Waals surface area contributed by atoms with E-state index in [9.17, 15) is 4.79 Å². The van der Waals surface area contributed by atoms with E-state index in [0.29, 0.717) is 6.54 Å². The number of rotatable bonds is 4. The first-order valence-corrected chi connectivity index (χ1v) is 7.60. The lowest BCUT2D eigenvalue weighted by atomic mass is 10.2. The normalized spacial score (nSPS) is 11.1. The van der Waals surface area contributed by atoms with Crippen molar-refractivity contribution >= 4 is 28.3 Å². The molecular formula is C15H15N3O2S. The summed E-state index contributed by atoms with van der Waals surface area (Å²) < 4.78 is 2.05. The van der Waals surface area contributed by atoms with Crippen LogP contribution in [-0.4, -0.2) is 25.6 Å². The van der Waals surface area contributed by atoms with Crippen LogP contribution < -0.4 is 0 Å². The van der Waals surface area contributed by atoms with Gasteiger partial charge < -0.3 is 9.67 Å². The van der Waals surface area contributed by atoms with Gasteiger partial charge in [0.2, 0.25) is 0 Å². The summed E-state index contributed by atoms with van der Waals surface area (Å²) in [5, 5.41) is 12.2. The molecule has 21 heavy (non-hydrogen) atoms. The lowest BCUT2D eigenvalue weighted by Crippen LogP contribution is -2.05. The number of carbonyl (C=O) groups is 1. The summed E-state index contributed by atoms with van der Waals surface area (Å²) in [5.74, 6) is 0.0189. The Balaban J connectivity index is 2.13. The Morgan fingerprint density at radius 3 is 2.81 bits per heavy atom. The average molecular weight is 301 g/mol. The van der Waals surface area contributed by atoms with Gasteiger partial charge in [-0.1, -0.05) is 6.92 Å². The fourth-order valence-electron chi connectivity index (χ4n) is 2.39. The molecule has 2 aromatic heterocycles. The van der Waals surface area contributed by atoms with Crippen molar-refractivity contribution in [1.29, 1.82) is 0 Å². The van der Waals surface area contributed by atoms with E-state index in [1.807, 2.05) is 19.2 Å². The van der Waals surface area contributed by atoms with Crippen LogP contribution in [0, 0.1) is 6.92 Å². The highest BCUT2D eigenvalue weighted by Crippen LogP contribution is 2.21. The van der Waals surface area contributed by atoms with Crippen molar-refractivity contribution in [3.63, 3.8) is 0 Å². The molecule has 1 N–H and O–H groups in total. The van der Waals surface area contributed by atoms with E-state index < -0.39 is 5.97 Å². The van der Waals surface area contributed by atoms with Crippen LogP contribution in [0.25, 0.3) is 11.0 Å². The van der Waals surface area contributed by atoms with Crippen LogP contribution in [0.5, 0.6) is 0 Å². The van der Waals surface area contributed by atoms with Gasteiger partial charge in [0.1, 0.15) is 5.82 Å². The van der Waals surface area contributed by atoms with E-state index in [1.54, 1.807) is 29.5 Å². The van der Waals surface area contributed by atoms with Gasteiger partial charge in [0.15, 0.2) is 0 Å². The number of nitrogens with zero attached hydrogens (tertiary/aromatic N) is 3. The summed E-state index contributed by atoms with van der Waals surface area (Å²) in [4.78, 5) is 20.2. The minimum absolute atomic E-state index is 0.278. The third kappa shape index (κ3) is 2.54. The van der Waals surface area contributed by atoms with Gasteiger partial charge in [-0.05, 0) is 25.1 Å². The van der Waals surface area contributed by atoms with E-state index >= 15 is 0 Å². The van der Waals surface area contributed by atoms with Crippen molar-refractivity contribution in [1.82, 2.24) is 14.5 Å². The maximum atomic E-state index is 11.2. The van der Waals surface area contributed by atoms with Crippen molar-refractivity contribution in [3.05, 3.63) is 45.7 Å². The molecule has 0 saturated carbocycles. The highest BCUT2D eigenvalue weighted by Gasteiger charge is 2.13. The zero-order chi connectivity index (χ0) is 15.0. The maximum Gasteiger partial charge on any atom is 0.335 e. The van der Waals surface area contributed by atoms with E-state index in [4.69, 9.17) is 5.11 Å². The summed E-state index contributed by atoms with van der Waals surface area (Å²) in [7, 11) is 0. The third-order valence-electron chi connectivity index (χ3n) is 3.38. The molecule has 0 saturated heterocycles. The van der Waals surface area contributed by atoms with E-state index in [-0.39, 0.29) is 5.56 Å². The number of imidazole rings is 1. The number of hydrogen-bond donors (Lipinski definition) is 1. The quantitative estimate of drug-likeness (QED) is 0.804. The second-order valence-electron chi connectivity index (χ2n) is 4.83. The van der Waals surface area contributed by atoms with Crippen LogP contribution in [-0.2, 0) is 13.0 Å². The standard InChI is InChI=1S/C15H15N3O2S/c1-3-14-17-12-5-4-10(15(19)20)6-13(12)18(14)7-11-8-21-9(2)16-11/h4-6,8H,3,7H2,1-2H3,(H,19,20). The monoisotopic (exact) mass is 301 g/mol. The Morgan fingerprint density at radius 2 is 2.19 bits per heavy atom. The van der Waals surface area contributed by atoms with Crippen LogP contribution in [0.2, 0.25) is 0 Å². The molecule has 0 radical (unpaired) electrons. The van der Waals surface area contributed by atoms with Crippen molar-refractivity contribution in [2.45, 2.75) is 26.8 Å². The summed E-state index contributed by atoms with van der Waals surface area (Å²) in [6.07, 6.45) is 0.792. The molecule has 6 heteroatoms. The predicted octanol–water partition coefficient (Wildman–Crippen LogP) is 3.11. The number of aryl methyl sites for hydroxylation is 2. The number of fused-ring (bicyclic) bond motifs is 1. The van der Waals surface area contributed by atoms with Crippen LogP contribution in [0.15, 0.2) is 23.6 Å². The minimum Gasteiger partial charge on any atom is -0.478 e. The van der Waals surface area contributed by atoms with E-state index in [2.05, 4.69) is 14.5 Å². The van der Waals surface area contributed by atoms with Gasteiger partial charge in [-0.25, -0.2) is 14.8 Å². The molecule has 0 fully saturated rings. The molecule has 0 aliphatic rings. The fraction of sp³-hybridized carbons (Fsp3) is 0.267. The summed E-state index contributed by atoms with van der Waals surface area (Å²) in [5.41, 5.74) is 2.93. The van der Waals surface area contributed by atoms with Crippen molar-refractivity contribution in [2.24, 2.45) is 0 Å². The number of aromatic nitrogens is 3. The van der Waals surface area contributed by atoms with Crippen LogP contribution in [0.1, 0.15) is 33.8 Å². The summed E-state index contributed by atoms with van der Waals surface area (Å²) >= 11 is 1.61. The molecule has 1 aromatic carbocycles. The van der Waals surface area contributed by atoms with Gasteiger partial charge in [-0.3, -0.25) is 0 Å². The number of aromatic carboxylic acids is 1. The van der Waals surface area contributed by atoms with Crippen LogP contribution >= 0.6 is 11.3 Å². The Morgan fingerprint density at radius 1 is 1.38 bits per heavy atom. The first-order chi connectivity index (χ1) is 10.1. The smallest absolute Gasteiger partial charge is 0.335 e. The van der Waals surface area contributed by atoms with Crippen LogP contribution in [0.4, 0.5) is 0 Å². The molecule has 0 aliphatic heterocycles. The number of benzene rings is 1. The van der Waals surface area contributed by atoms with Gasteiger partial charge in [-0.15, -0.1) is 11.3 Å². The van der Waals surface area contributed by atoms with E-state index in [0.717, 1.165) is 34.0 Å². The Kier molecular flexibility index (Phi) is 3.47. The Hall–Kier alpha value is -2.21. The van der Waals surface area contributed by atoms with Gasteiger partial charge in [0, 0.05) is 11.8 Å². The zero-order valence-electron chi connectivity index (χ0n) is 11.8. The molecule has 2 heterocycles. The van der Waals surface area contributed by atoms with Gasteiger partial charge in [0.25, 0.3) is 0 Å². The molecule has 0 unspecified atom stereocenters. The molecule has 0 atom stereocenters. The molecule has 5 nitrogen and oxygen atoms in total. The molecule has 108 valence electrons. The third-order valence-corrected chi connectivity index (χ3v) is 4.20. The first-order valence-electron chi connectivity index (χ1n) is 6.72. The van der Waals surface area contributed by atoms with Crippen molar-refractivity contribution in [3.8, 4) is 0 Å². The number of hydrogen-bond acceptors (Lipinski definition) is 4. The first kappa shape index (κ1) is 13.8. The van der Waals surface area contributed by atoms with E-state index in [1.165, 1.54) is 0 Å². The SMILES string of the molecule is CCc1nc2ccc(C(=O)O)cc2n1Cc1csc(C)n1. The molecule has 0 spiro atoms. The highest BCUT2D eigenvalue weighted by molar-refractivity contribution is 7.09.